The molecule has 9 heteroatoms. The number of likely N-dealkylation sites (tertiary alicyclic amines) is 1. The van der Waals surface area contributed by atoms with E-state index in [1.807, 2.05) is 61.7 Å². The van der Waals surface area contributed by atoms with Crippen molar-refractivity contribution in [3.05, 3.63) is 92.4 Å². The van der Waals surface area contributed by atoms with Gasteiger partial charge in [-0.3, -0.25) is 19.5 Å². The number of carbonyl (C=O) groups is 2. The molecule has 2 aliphatic heterocycles. The van der Waals surface area contributed by atoms with Gasteiger partial charge in [0.05, 0.1) is 30.2 Å². The van der Waals surface area contributed by atoms with Crippen LogP contribution in [0.25, 0.3) is 11.6 Å². The number of rotatable bonds is 8. The summed E-state index contributed by atoms with van der Waals surface area (Å²) < 4.78 is 6.26. The first-order valence-electron chi connectivity index (χ1n) is 15.5. The number of phenols is 1. The molecule has 0 radical (unpaired) electrons. The number of amides is 2. The van der Waals surface area contributed by atoms with E-state index in [1.165, 1.54) is 10.5 Å². The van der Waals surface area contributed by atoms with E-state index in [-0.39, 0.29) is 29.8 Å². The number of hydrogen-bond donors (Lipinski definition) is 2. The zero-order valence-electron chi connectivity index (χ0n) is 25.7. The zero-order valence-corrected chi connectivity index (χ0v) is 26.5. The first kappa shape index (κ1) is 30.5. The van der Waals surface area contributed by atoms with Crippen LogP contribution in [0, 0.1) is 37.5 Å². The quantitative estimate of drug-likeness (QED) is 0.173. The van der Waals surface area contributed by atoms with Crippen LogP contribution in [0.5, 0.6) is 5.75 Å². The maximum Gasteiger partial charge on any atom is 0.455 e. The van der Waals surface area contributed by atoms with Gasteiger partial charge in [0.15, 0.2) is 0 Å². The van der Waals surface area contributed by atoms with Crippen molar-refractivity contribution >= 4 is 41.9 Å². The van der Waals surface area contributed by atoms with Gasteiger partial charge in [-0.15, -0.1) is 11.3 Å². The molecule has 0 saturated carbocycles. The Balaban J connectivity index is 1.32. The van der Waals surface area contributed by atoms with Gasteiger partial charge in [-0.2, -0.15) is 0 Å². The van der Waals surface area contributed by atoms with E-state index in [9.17, 15) is 19.7 Å². The minimum Gasteiger partial charge on any atom is -0.507 e. The number of nitrogens with zero attached hydrogens (tertiary/aromatic N) is 2. The van der Waals surface area contributed by atoms with Crippen molar-refractivity contribution in [2.24, 2.45) is 23.7 Å². The Labute approximate surface area is 263 Å². The lowest BCUT2D eigenvalue weighted by Crippen LogP contribution is -2.46. The number of phenolic OH excluding ortho intramolecular Hbond substituents is 1. The largest absolute Gasteiger partial charge is 0.507 e. The fraction of sp³-hybridized carbons (Fsp3) is 0.400. The second-order valence-corrected chi connectivity index (χ2v) is 13.7. The summed E-state index contributed by atoms with van der Waals surface area (Å²) in [6, 6.07) is 13.7. The number of aromatic hydroxyl groups is 1. The normalized spacial score (nSPS) is 23.9. The summed E-state index contributed by atoms with van der Waals surface area (Å²) in [5.74, 6) is -0.858. The first-order valence-corrected chi connectivity index (χ1v) is 16.4. The Bertz CT molecular complexity index is 1590. The number of fused-ring (bicyclic) bond motifs is 3. The van der Waals surface area contributed by atoms with Crippen molar-refractivity contribution in [1.29, 1.82) is 0 Å². The molecule has 1 aliphatic carbocycles. The highest BCUT2D eigenvalue weighted by molar-refractivity contribution is 7.09. The topological polar surface area (TPSA) is 100.0 Å². The van der Waals surface area contributed by atoms with E-state index in [4.69, 9.17) is 4.65 Å². The summed E-state index contributed by atoms with van der Waals surface area (Å²) in [4.78, 5) is 34.6. The van der Waals surface area contributed by atoms with Crippen molar-refractivity contribution in [2.75, 3.05) is 0 Å². The maximum absolute atomic E-state index is 13.9. The van der Waals surface area contributed by atoms with Gasteiger partial charge in [-0.1, -0.05) is 31.6 Å². The molecule has 3 aromatic rings. The van der Waals surface area contributed by atoms with Crippen molar-refractivity contribution in [1.82, 2.24) is 9.88 Å². The Morgan fingerprint density at radius 3 is 2.57 bits per heavy atom. The number of pyridine rings is 1. The molecule has 44 heavy (non-hydrogen) atoms. The molecule has 2 N–H and O–H groups in total. The highest BCUT2D eigenvalue weighted by Crippen LogP contribution is 2.52. The highest BCUT2D eigenvalue weighted by Gasteiger charge is 2.57. The molecule has 2 fully saturated rings. The molecular formula is C35H39BN2O5S. The van der Waals surface area contributed by atoms with Gasteiger partial charge in [0.1, 0.15) is 5.75 Å². The SMILES string of the molecule is Cc1cc(/C=C(/CC[C@H]2OB(O)C[C@H]3C2=C(C(C)C)C[C@H]2C(=O)N(Cc4cccs4)C(=O)[C@H]23)c2ccccn2)cc(C)c1O. The second kappa shape index (κ2) is 12.5. The zero-order chi connectivity index (χ0) is 31.1. The van der Waals surface area contributed by atoms with E-state index in [2.05, 4.69) is 24.9 Å². The smallest absolute Gasteiger partial charge is 0.455 e. The van der Waals surface area contributed by atoms with Crippen LogP contribution in [-0.2, 0) is 20.8 Å². The average molecular weight is 611 g/mol. The fourth-order valence-corrected chi connectivity index (χ4v) is 8.11. The monoisotopic (exact) mass is 610 g/mol. The third-order valence-electron chi connectivity index (χ3n) is 9.45. The van der Waals surface area contributed by atoms with Crippen LogP contribution >= 0.6 is 11.3 Å². The number of imide groups is 1. The van der Waals surface area contributed by atoms with Gasteiger partial charge in [-0.05, 0) is 121 Å². The van der Waals surface area contributed by atoms with Crippen LogP contribution in [0.1, 0.15) is 60.4 Å². The number of aromatic nitrogens is 1. The minimum atomic E-state index is -1.01. The van der Waals surface area contributed by atoms with Crippen LogP contribution in [-0.4, -0.2) is 45.1 Å². The summed E-state index contributed by atoms with van der Waals surface area (Å²) >= 11 is 1.55. The lowest BCUT2D eigenvalue weighted by Gasteiger charge is -2.44. The number of benzene rings is 1. The molecule has 0 unspecified atom stereocenters. The second-order valence-electron chi connectivity index (χ2n) is 12.7. The molecule has 0 spiro atoms. The molecule has 4 heterocycles. The van der Waals surface area contributed by atoms with Gasteiger partial charge in [-0.25, -0.2) is 0 Å². The highest BCUT2D eigenvalue weighted by atomic mass is 32.1. The summed E-state index contributed by atoms with van der Waals surface area (Å²) in [5.41, 5.74) is 6.75. The number of aryl methyl sites for hydroxylation is 2. The Hall–Kier alpha value is -3.53. The van der Waals surface area contributed by atoms with Crippen LogP contribution in [0.3, 0.4) is 0 Å². The van der Waals surface area contributed by atoms with E-state index in [0.29, 0.717) is 37.9 Å². The summed E-state index contributed by atoms with van der Waals surface area (Å²) in [7, 11) is -1.01. The van der Waals surface area contributed by atoms with Gasteiger partial charge >= 0.3 is 7.12 Å². The van der Waals surface area contributed by atoms with Crippen molar-refractivity contribution < 1.29 is 24.4 Å². The number of carbonyl (C=O) groups excluding carboxylic acids is 2. The Morgan fingerprint density at radius 1 is 1.14 bits per heavy atom. The van der Waals surface area contributed by atoms with E-state index >= 15 is 0 Å². The molecule has 6 rings (SSSR count). The van der Waals surface area contributed by atoms with Crippen LogP contribution in [0.15, 0.2) is 65.2 Å². The van der Waals surface area contributed by atoms with Crippen molar-refractivity contribution in [3.8, 4) is 5.75 Å². The van der Waals surface area contributed by atoms with Crippen LogP contribution in [0.4, 0.5) is 0 Å². The third-order valence-corrected chi connectivity index (χ3v) is 10.3. The van der Waals surface area contributed by atoms with Crippen molar-refractivity contribution in [2.45, 2.75) is 65.9 Å². The standard InChI is InChI=1S/C35H39BN2O5S/c1-20(2)26-17-27-32(35(41)38(34(27)40)19-25-8-7-13-44-25)28-18-36(42)43-30(31(26)28)11-10-24(29-9-5-6-12-37-29)16-23-14-21(3)33(39)22(4)15-23/h5-9,12-16,20,27-28,30,32,39,42H,10-11,17-19H2,1-4H3/b24-16-/t27-,28+,30-,32-/m1/s1. The Morgan fingerprint density at radius 2 is 1.91 bits per heavy atom. The van der Waals surface area contributed by atoms with Crippen LogP contribution in [0.2, 0.25) is 6.32 Å². The lowest BCUT2D eigenvalue weighted by molar-refractivity contribution is -0.140. The summed E-state index contributed by atoms with van der Waals surface area (Å²) in [6.07, 6.45) is 5.57. The molecular weight excluding hydrogens is 571 g/mol. The molecule has 2 saturated heterocycles. The first-order chi connectivity index (χ1) is 21.1. The molecule has 7 nitrogen and oxygen atoms in total. The summed E-state index contributed by atoms with van der Waals surface area (Å²) in [5, 5.41) is 23.3. The van der Waals surface area contributed by atoms with Gasteiger partial charge < -0.3 is 14.8 Å². The number of hydrogen-bond acceptors (Lipinski definition) is 7. The van der Waals surface area contributed by atoms with Crippen LogP contribution < -0.4 is 0 Å². The molecule has 228 valence electrons. The number of thiophene rings is 1. The Kier molecular flexibility index (Phi) is 8.64. The predicted molar refractivity (Wildman–Crippen MR) is 173 cm³/mol. The van der Waals surface area contributed by atoms with E-state index in [0.717, 1.165) is 38.4 Å². The van der Waals surface area contributed by atoms with Gasteiger partial charge in [0.2, 0.25) is 11.8 Å². The average Bonchev–Trinajstić information content (AvgIpc) is 3.60. The lowest BCUT2D eigenvalue weighted by atomic mass is 9.57. The van der Waals surface area contributed by atoms with Gasteiger partial charge in [0.25, 0.3) is 0 Å². The van der Waals surface area contributed by atoms with E-state index in [1.54, 1.807) is 17.5 Å². The minimum absolute atomic E-state index is 0.0945. The number of allylic oxidation sites excluding steroid dienone is 2. The van der Waals surface area contributed by atoms with Gasteiger partial charge in [0, 0.05) is 11.1 Å². The summed E-state index contributed by atoms with van der Waals surface area (Å²) in [6.45, 7) is 8.37. The van der Waals surface area contributed by atoms with E-state index < -0.39 is 19.0 Å². The molecule has 2 aromatic heterocycles. The third kappa shape index (κ3) is 5.81. The molecule has 0 bridgehead atoms. The maximum atomic E-state index is 13.9. The molecule has 4 atom stereocenters. The van der Waals surface area contributed by atoms with Crippen molar-refractivity contribution in [3.63, 3.8) is 0 Å². The molecule has 2 amide bonds. The molecule has 1 aromatic carbocycles. The molecule has 3 aliphatic rings. The predicted octanol–water partition coefficient (Wildman–Crippen LogP) is 6.44. The fourth-order valence-electron chi connectivity index (χ4n) is 7.42.